The van der Waals surface area contributed by atoms with Crippen LogP contribution in [0.1, 0.15) is 40.5 Å². The molecule has 0 bridgehead atoms. The van der Waals surface area contributed by atoms with Gasteiger partial charge in [0.15, 0.2) is 0 Å². The zero-order valence-corrected chi connectivity index (χ0v) is 11.5. The molecule has 0 aromatic heterocycles. The highest BCUT2D eigenvalue weighted by Crippen LogP contribution is 2.42. The largest absolute Gasteiger partial charge is 0.303 e. The normalized spacial score (nSPS) is 15.7. The zero-order valence-electron chi connectivity index (χ0n) is 9.86. The molecule has 4 heteroatoms. The van der Waals surface area contributed by atoms with Gasteiger partial charge in [-0.2, -0.15) is 0 Å². The highest BCUT2D eigenvalue weighted by atomic mass is 32.2. The second-order valence-electron chi connectivity index (χ2n) is 4.06. The molecule has 0 fully saturated rings. The van der Waals surface area contributed by atoms with Gasteiger partial charge >= 0.3 is 0 Å². The Morgan fingerprint density at radius 2 is 1.33 bits per heavy atom. The number of aldehydes is 2. The van der Waals surface area contributed by atoms with E-state index in [4.69, 9.17) is 0 Å². The van der Waals surface area contributed by atoms with E-state index < -0.39 is 0 Å². The predicted molar refractivity (Wildman–Crippen MR) is 69.5 cm³/mol. The average molecular weight is 248 g/mol. The topological polar surface area (TPSA) is 34.1 Å². The van der Waals surface area contributed by atoms with Gasteiger partial charge in [-0.05, 0) is 13.8 Å². The van der Waals surface area contributed by atoms with Crippen LogP contribution >= 0.6 is 23.5 Å². The Morgan fingerprint density at radius 3 is 1.60 bits per heavy atom. The lowest BCUT2D eigenvalue weighted by molar-refractivity contribution is -0.108. The molecular formula is C11H20O2S2. The summed E-state index contributed by atoms with van der Waals surface area (Å²) in [4.78, 5) is 20.7. The van der Waals surface area contributed by atoms with E-state index >= 15 is 0 Å². The van der Waals surface area contributed by atoms with Crippen LogP contribution in [0.25, 0.3) is 0 Å². The summed E-state index contributed by atoms with van der Waals surface area (Å²) in [5.74, 6) is 0. The summed E-state index contributed by atoms with van der Waals surface area (Å²) >= 11 is 3.59. The van der Waals surface area contributed by atoms with E-state index in [-0.39, 0.29) is 4.08 Å². The molecule has 0 saturated heterocycles. The van der Waals surface area contributed by atoms with Crippen molar-refractivity contribution in [3.8, 4) is 0 Å². The number of hydrogen-bond donors (Lipinski definition) is 0. The minimum atomic E-state index is 0.0604. The Morgan fingerprint density at radius 1 is 1.00 bits per heavy atom. The average Bonchev–Trinajstić information content (AvgIpc) is 2.01. The fraction of sp³-hybridized carbons (Fsp3) is 0.818. The lowest BCUT2D eigenvalue weighted by Gasteiger charge is -2.28. The second-order valence-corrected chi connectivity index (χ2v) is 8.44. The summed E-state index contributed by atoms with van der Waals surface area (Å²) in [7, 11) is 0. The summed E-state index contributed by atoms with van der Waals surface area (Å²) < 4.78 is 0.0604. The Bertz CT molecular complexity index is 185. The summed E-state index contributed by atoms with van der Waals surface area (Å²) in [6.07, 6.45) is 3.12. The first-order chi connectivity index (χ1) is 6.91. The van der Waals surface area contributed by atoms with Crippen molar-refractivity contribution in [3.05, 3.63) is 0 Å². The minimum Gasteiger partial charge on any atom is -0.303 e. The van der Waals surface area contributed by atoms with E-state index in [9.17, 15) is 9.59 Å². The molecule has 0 aromatic carbocycles. The predicted octanol–water partition coefficient (Wildman–Crippen LogP) is 3.14. The van der Waals surface area contributed by atoms with Crippen LogP contribution in [0.5, 0.6) is 0 Å². The van der Waals surface area contributed by atoms with E-state index in [1.807, 2.05) is 0 Å². The van der Waals surface area contributed by atoms with E-state index in [1.54, 1.807) is 23.5 Å². The molecule has 0 spiro atoms. The van der Waals surface area contributed by atoms with Crippen molar-refractivity contribution >= 4 is 36.1 Å². The lowest BCUT2D eigenvalue weighted by Crippen LogP contribution is -2.18. The molecule has 2 nitrogen and oxygen atoms in total. The van der Waals surface area contributed by atoms with Crippen molar-refractivity contribution in [1.29, 1.82) is 0 Å². The highest BCUT2D eigenvalue weighted by Gasteiger charge is 2.24. The molecule has 0 aliphatic rings. The van der Waals surface area contributed by atoms with Gasteiger partial charge in [0.25, 0.3) is 0 Å². The van der Waals surface area contributed by atoms with Gasteiger partial charge in [-0.3, -0.25) is 0 Å². The van der Waals surface area contributed by atoms with Crippen LogP contribution in [0.3, 0.4) is 0 Å². The molecule has 0 saturated carbocycles. The van der Waals surface area contributed by atoms with Gasteiger partial charge in [0, 0.05) is 23.3 Å². The molecule has 88 valence electrons. The van der Waals surface area contributed by atoms with Gasteiger partial charge in [-0.1, -0.05) is 13.8 Å². The Labute approximate surface area is 101 Å². The van der Waals surface area contributed by atoms with Crippen molar-refractivity contribution in [3.63, 3.8) is 0 Å². The SMILES string of the molecule is CC(CC=O)SC(C)(C)SC(C)CC=O. The first-order valence-corrected chi connectivity index (χ1v) is 6.90. The summed E-state index contributed by atoms with van der Waals surface area (Å²) in [5.41, 5.74) is 0. The van der Waals surface area contributed by atoms with E-state index in [0.29, 0.717) is 23.3 Å². The van der Waals surface area contributed by atoms with Crippen molar-refractivity contribution < 1.29 is 9.59 Å². The van der Waals surface area contributed by atoms with Gasteiger partial charge in [0.1, 0.15) is 12.6 Å². The van der Waals surface area contributed by atoms with Crippen LogP contribution in [0.4, 0.5) is 0 Å². The van der Waals surface area contributed by atoms with Crippen molar-refractivity contribution in [2.75, 3.05) is 0 Å². The van der Waals surface area contributed by atoms with Crippen LogP contribution in [-0.2, 0) is 9.59 Å². The molecule has 15 heavy (non-hydrogen) atoms. The third-order valence-electron chi connectivity index (χ3n) is 1.83. The first-order valence-electron chi connectivity index (χ1n) is 5.14. The zero-order chi connectivity index (χ0) is 11.9. The third-order valence-corrected chi connectivity index (χ3v) is 4.73. The molecular weight excluding hydrogens is 228 g/mol. The summed E-state index contributed by atoms with van der Waals surface area (Å²) in [5, 5.41) is 0.682. The number of thioether (sulfide) groups is 2. The van der Waals surface area contributed by atoms with Gasteiger partial charge in [0.2, 0.25) is 0 Å². The maximum Gasteiger partial charge on any atom is 0.121 e. The molecule has 2 atom stereocenters. The number of rotatable bonds is 8. The quantitative estimate of drug-likeness (QED) is 0.488. The molecule has 0 aliphatic carbocycles. The van der Waals surface area contributed by atoms with Crippen molar-refractivity contribution in [2.45, 2.75) is 55.1 Å². The van der Waals surface area contributed by atoms with Gasteiger partial charge < -0.3 is 9.59 Å². The van der Waals surface area contributed by atoms with Crippen molar-refractivity contribution in [2.24, 2.45) is 0 Å². The second kappa shape index (κ2) is 7.34. The molecule has 0 aliphatic heterocycles. The number of carbonyl (C=O) groups excluding carboxylic acids is 2. The summed E-state index contributed by atoms with van der Waals surface area (Å²) in [6, 6.07) is 0. The number of hydrogen-bond acceptors (Lipinski definition) is 4. The molecule has 0 N–H and O–H groups in total. The number of carbonyl (C=O) groups is 2. The maximum absolute atomic E-state index is 10.4. The van der Waals surface area contributed by atoms with E-state index in [0.717, 1.165) is 12.6 Å². The van der Waals surface area contributed by atoms with Crippen LogP contribution in [0.2, 0.25) is 0 Å². The first kappa shape index (κ1) is 15.0. The highest BCUT2D eigenvalue weighted by molar-refractivity contribution is 8.18. The Balaban J connectivity index is 4.04. The fourth-order valence-electron chi connectivity index (χ4n) is 1.36. The van der Waals surface area contributed by atoms with Crippen LogP contribution in [-0.4, -0.2) is 27.2 Å². The van der Waals surface area contributed by atoms with Gasteiger partial charge in [0.05, 0.1) is 4.08 Å². The molecule has 0 radical (unpaired) electrons. The van der Waals surface area contributed by atoms with Crippen LogP contribution in [0, 0.1) is 0 Å². The molecule has 2 unspecified atom stereocenters. The molecule has 0 heterocycles. The monoisotopic (exact) mass is 248 g/mol. The standard InChI is InChI=1S/C11H20O2S2/c1-9(5-7-12)14-11(3,4)15-10(2)6-8-13/h7-10H,5-6H2,1-4H3. The van der Waals surface area contributed by atoms with Gasteiger partial charge in [-0.15, -0.1) is 23.5 Å². The van der Waals surface area contributed by atoms with Gasteiger partial charge in [-0.25, -0.2) is 0 Å². The molecule has 0 aromatic rings. The molecule has 0 amide bonds. The minimum absolute atomic E-state index is 0.0604. The summed E-state index contributed by atoms with van der Waals surface area (Å²) in [6.45, 7) is 8.41. The Hall–Kier alpha value is 0.0400. The smallest absolute Gasteiger partial charge is 0.121 e. The fourth-order valence-corrected chi connectivity index (χ4v) is 4.86. The van der Waals surface area contributed by atoms with E-state index in [2.05, 4.69) is 27.7 Å². The van der Waals surface area contributed by atoms with Crippen molar-refractivity contribution in [1.82, 2.24) is 0 Å². The third kappa shape index (κ3) is 7.91. The Kier molecular flexibility index (Phi) is 7.36. The van der Waals surface area contributed by atoms with Crippen LogP contribution in [0.15, 0.2) is 0 Å². The van der Waals surface area contributed by atoms with Crippen LogP contribution < -0.4 is 0 Å². The molecule has 0 rings (SSSR count). The maximum atomic E-state index is 10.4. The van der Waals surface area contributed by atoms with E-state index in [1.165, 1.54) is 0 Å². The lowest BCUT2D eigenvalue weighted by atomic mass is 10.4.